The number of para-hydroxylation sites is 1. The van der Waals surface area contributed by atoms with Crippen LogP contribution in [0.25, 0.3) is 27.4 Å². The Morgan fingerprint density at radius 2 is 1.86 bits per heavy atom. The highest BCUT2D eigenvalue weighted by Crippen LogP contribution is 2.65. The molecule has 0 radical (unpaired) electrons. The second kappa shape index (κ2) is 9.49. The second-order valence-corrected chi connectivity index (χ2v) is 14.3. The Kier molecular flexibility index (Phi) is 5.86. The summed E-state index contributed by atoms with van der Waals surface area (Å²) in [5.74, 6) is 0.403. The van der Waals surface area contributed by atoms with Crippen LogP contribution in [0, 0.1) is 11.3 Å². The molecule has 4 fully saturated rings. The third kappa shape index (κ3) is 3.62. The molecule has 0 amide bonds. The molecule has 1 aliphatic carbocycles. The topological polar surface area (TPSA) is 64.6 Å². The van der Waals surface area contributed by atoms with Crippen molar-refractivity contribution in [2.24, 2.45) is 11.3 Å². The molecule has 5 aliphatic heterocycles. The predicted octanol–water partition coefficient (Wildman–Crippen LogP) is 6.42. The number of nitrogens with zero attached hydrogens (tertiary/aromatic N) is 3. The third-order valence-electron chi connectivity index (χ3n) is 12.1. The van der Waals surface area contributed by atoms with E-state index in [-0.39, 0.29) is 17.2 Å². The number of allylic oxidation sites excluding steroid dienone is 3. The number of fused-ring (bicyclic) bond motifs is 5. The lowest BCUT2D eigenvalue weighted by molar-refractivity contribution is -0.243. The molecular formula is C36H44N4O2. The van der Waals surface area contributed by atoms with Crippen LogP contribution in [0.15, 0.2) is 54.8 Å². The average molecular weight is 565 g/mol. The van der Waals surface area contributed by atoms with Crippen molar-refractivity contribution in [1.29, 1.82) is 0 Å². The molecule has 42 heavy (non-hydrogen) atoms. The highest BCUT2D eigenvalue weighted by atomic mass is 16.5. The Bertz CT molecular complexity index is 1590. The van der Waals surface area contributed by atoms with E-state index in [0.717, 1.165) is 87.0 Å². The van der Waals surface area contributed by atoms with E-state index in [1.54, 1.807) is 0 Å². The quantitative estimate of drug-likeness (QED) is 0.334. The summed E-state index contributed by atoms with van der Waals surface area (Å²) in [7, 11) is 0. The Morgan fingerprint density at radius 1 is 0.929 bits per heavy atom. The fraction of sp³-hybridized carbons (Fsp3) is 0.583. The maximum Gasteiger partial charge on any atom is 0.123 e. The van der Waals surface area contributed by atoms with Crippen LogP contribution in [0.5, 0.6) is 0 Å². The first-order valence-corrected chi connectivity index (χ1v) is 16.7. The van der Waals surface area contributed by atoms with Gasteiger partial charge in [-0.3, -0.25) is 9.88 Å². The van der Waals surface area contributed by atoms with Crippen molar-refractivity contribution in [1.82, 2.24) is 19.8 Å². The van der Waals surface area contributed by atoms with Crippen LogP contribution in [0.1, 0.15) is 76.3 Å². The summed E-state index contributed by atoms with van der Waals surface area (Å²) in [6.45, 7) is 4.39. The lowest BCUT2D eigenvalue weighted by atomic mass is 9.55. The Morgan fingerprint density at radius 3 is 2.83 bits per heavy atom. The SMILES string of the molecule is O[C@@]12CC/C=C\CCCCN3CC[C@H](C=C1c1nccc4c1[nH]c1ccccc14)[C@@]1(C3)C[C@]34CCCC(CCN3[C@H]12)O4. The molecule has 2 spiro atoms. The van der Waals surface area contributed by atoms with Gasteiger partial charge in [-0.05, 0) is 102 Å². The van der Waals surface area contributed by atoms with E-state index in [1.165, 1.54) is 36.5 Å². The van der Waals surface area contributed by atoms with Gasteiger partial charge in [0.2, 0.25) is 0 Å². The molecule has 3 aromatic rings. The number of rotatable bonds is 1. The maximum absolute atomic E-state index is 13.6. The Labute approximate surface area is 248 Å². The van der Waals surface area contributed by atoms with E-state index >= 15 is 0 Å². The summed E-state index contributed by atoms with van der Waals surface area (Å²) in [6, 6.07) is 10.7. The van der Waals surface area contributed by atoms with E-state index in [2.05, 4.69) is 63.3 Å². The molecule has 5 bridgehead atoms. The lowest BCUT2D eigenvalue weighted by Gasteiger charge is -2.58. The smallest absolute Gasteiger partial charge is 0.123 e. The molecule has 0 saturated carbocycles. The number of benzene rings is 1. The number of hydrogen-bond donors (Lipinski definition) is 2. The number of aromatic amines is 1. The van der Waals surface area contributed by atoms with E-state index in [0.29, 0.717) is 18.4 Å². The van der Waals surface area contributed by atoms with Gasteiger partial charge in [-0.15, -0.1) is 0 Å². The van der Waals surface area contributed by atoms with E-state index < -0.39 is 5.60 Å². The standard InChI is InChI=1S/C36H44N4O2/c41-36-17-7-3-1-2-4-8-19-39-20-14-25(34(24-39)23-35-16-9-10-26(42-35)15-21-40(35)33(34)36)22-29(36)32-31-28(13-18-37-32)27-11-5-6-12-30(27)38-31/h1,3,5-6,11-13,18,22,25-26,33,38,41H,2,4,7-10,14-17,19-21,23-24H2/b3-1-/t25-,26?,33-,34+,35-,36+/m1/s1. The van der Waals surface area contributed by atoms with Crippen molar-refractivity contribution < 1.29 is 9.84 Å². The van der Waals surface area contributed by atoms with Gasteiger partial charge in [0.25, 0.3) is 0 Å². The van der Waals surface area contributed by atoms with Crippen molar-refractivity contribution in [3.63, 3.8) is 0 Å². The zero-order valence-electron chi connectivity index (χ0n) is 24.7. The summed E-state index contributed by atoms with van der Waals surface area (Å²) in [4.78, 5) is 14.3. The van der Waals surface area contributed by atoms with Crippen molar-refractivity contribution >= 4 is 27.4 Å². The Balaban J connectivity index is 1.27. The van der Waals surface area contributed by atoms with Crippen LogP contribution in [-0.2, 0) is 4.74 Å². The monoisotopic (exact) mass is 564 g/mol. The third-order valence-corrected chi connectivity index (χ3v) is 12.1. The minimum absolute atomic E-state index is 0.0190. The highest BCUT2D eigenvalue weighted by Gasteiger charge is 2.72. The fourth-order valence-electron chi connectivity index (χ4n) is 10.5. The van der Waals surface area contributed by atoms with Gasteiger partial charge in [0, 0.05) is 46.6 Å². The van der Waals surface area contributed by atoms with Crippen molar-refractivity contribution in [3.05, 3.63) is 60.5 Å². The zero-order chi connectivity index (χ0) is 27.9. The van der Waals surface area contributed by atoms with Gasteiger partial charge in [-0.25, -0.2) is 0 Å². The first-order valence-electron chi connectivity index (χ1n) is 16.7. The number of piperidine rings is 1. The molecule has 220 valence electrons. The number of aromatic nitrogens is 2. The van der Waals surface area contributed by atoms with Gasteiger partial charge in [0.15, 0.2) is 0 Å². The van der Waals surface area contributed by atoms with E-state index in [1.807, 2.05) is 6.20 Å². The average Bonchev–Trinajstić information content (AvgIpc) is 3.50. The molecule has 2 unspecified atom stereocenters. The molecule has 7 atom stereocenters. The number of nitrogens with one attached hydrogen (secondary N) is 1. The number of H-pyrrole nitrogens is 1. The molecule has 2 aromatic heterocycles. The van der Waals surface area contributed by atoms with Gasteiger partial charge < -0.3 is 19.7 Å². The predicted molar refractivity (Wildman–Crippen MR) is 167 cm³/mol. The normalized spacial score (nSPS) is 40.9. The molecule has 9 rings (SSSR count). The minimum atomic E-state index is -1.02. The van der Waals surface area contributed by atoms with Crippen LogP contribution in [-0.4, -0.2) is 74.5 Å². The molecule has 1 aromatic carbocycles. The fourth-order valence-corrected chi connectivity index (χ4v) is 10.5. The maximum atomic E-state index is 13.6. The zero-order valence-corrected chi connectivity index (χ0v) is 24.7. The van der Waals surface area contributed by atoms with Crippen LogP contribution in [0.3, 0.4) is 0 Å². The van der Waals surface area contributed by atoms with E-state index in [9.17, 15) is 5.11 Å². The molecule has 6 aliphatic rings. The van der Waals surface area contributed by atoms with Crippen LogP contribution < -0.4 is 0 Å². The van der Waals surface area contributed by atoms with Crippen molar-refractivity contribution in [3.8, 4) is 0 Å². The summed E-state index contributed by atoms with van der Waals surface area (Å²) >= 11 is 0. The Hall–Kier alpha value is -2.51. The summed E-state index contributed by atoms with van der Waals surface area (Å²) in [5.41, 5.74) is 2.90. The van der Waals surface area contributed by atoms with Crippen LogP contribution in [0.4, 0.5) is 0 Å². The van der Waals surface area contributed by atoms with Crippen LogP contribution in [0.2, 0.25) is 0 Å². The number of aliphatic hydroxyl groups is 1. The molecule has 4 saturated heterocycles. The number of hydrogen-bond acceptors (Lipinski definition) is 5. The van der Waals surface area contributed by atoms with Gasteiger partial charge in [0.05, 0.1) is 23.4 Å². The van der Waals surface area contributed by atoms with Crippen molar-refractivity contribution in [2.75, 3.05) is 26.2 Å². The molecule has 7 heterocycles. The van der Waals surface area contributed by atoms with Gasteiger partial charge >= 0.3 is 0 Å². The summed E-state index contributed by atoms with van der Waals surface area (Å²) < 4.78 is 7.08. The van der Waals surface area contributed by atoms with Gasteiger partial charge in [-0.1, -0.05) is 36.4 Å². The van der Waals surface area contributed by atoms with E-state index in [4.69, 9.17) is 9.72 Å². The van der Waals surface area contributed by atoms with Crippen molar-refractivity contribution in [2.45, 2.75) is 94.1 Å². The second-order valence-electron chi connectivity index (χ2n) is 14.3. The largest absolute Gasteiger partial charge is 0.383 e. The molecular weight excluding hydrogens is 520 g/mol. The summed E-state index contributed by atoms with van der Waals surface area (Å²) in [6.07, 6.45) is 21.5. The molecule has 6 heteroatoms. The number of pyridine rings is 1. The van der Waals surface area contributed by atoms with Gasteiger partial charge in [-0.2, -0.15) is 0 Å². The first kappa shape index (κ1) is 25.9. The summed E-state index contributed by atoms with van der Waals surface area (Å²) in [5, 5.41) is 16.0. The van der Waals surface area contributed by atoms with Crippen LogP contribution >= 0.6 is 0 Å². The highest BCUT2D eigenvalue weighted by molar-refractivity contribution is 6.10. The lowest BCUT2D eigenvalue weighted by Crippen LogP contribution is -2.68. The number of ether oxygens (including phenoxy) is 1. The molecule has 2 N–H and O–H groups in total. The molecule has 6 nitrogen and oxygen atoms in total. The minimum Gasteiger partial charge on any atom is -0.383 e. The van der Waals surface area contributed by atoms with Gasteiger partial charge in [0.1, 0.15) is 11.3 Å². The first-order chi connectivity index (χ1) is 20.6.